The number of aliphatic hydroxyl groups is 1. The minimum absolute atomic E-state index is 0.0369. The Balaban J connectivity index is 0.000000303. The largest absolute Gasteiger partial charge is 0.486 e. The Morgan fingerprint density at radius 2 is 1.46 bits per heavy atom. The zero-order chi connectivity index (χ0) is 26.3. The lowest BCUT2D eigenvalue weighted by Gasteiger charge is -2.11. The van der Waals surface area contributed by atoms with Crippen LogP contribution in [-0.2, 0) is 19.4 Å². The molecule has 0 fully saturated rings. The van der Waals surface area contributed by atoms with Gasteiger partial charge in [-0.2, -0.15) is 13.2 Å². The van der Waals surface area contributed by atoms with Crippen LogP contribution in [0.3, 0.4) is 0 Å². The summed E-state index contributed by atoms with van der Waals surface area (Å²) in [6.07, 6.45) is -4.47. The molecule has 3 aromatic rings. The van der Waals surface area contributed by atoms with Gasteiger partial charge in [0, 0.05) is 22.8 Å². The van der Waals surface area contributed by atoms with Gasteiger partial charge in [-0.05, 0) is 42.5 Å². The zero-order valence-corrected chi connectivity index (χ0v) is 22.2. The van der Waals surface area contributed by atoms with Crippen LogP contribution in [0.5, 0.6) is 5.75 Å². The highest BCUT2D eigenvalue weighted by molar-refractivity contribution is 9.10. The van der Waals surface area contributed by atoms with Crippen molar-refractivity contribution in [3.05, 3.63) is 84.8 Å². The number of ketones is 2. The molecule has 0 saturated carbocycles. The molecule has 0 aliphatic heterocycles. The van der Waals surface area contributed by atoms with Gasteiger partial charge >= 0.3 is 6.18 Å². The number of carbonyl (C=O) groups is 2. The number of hydrogen-bond acceptors (Lipinski definition) is 6. The highest BCUT2D eigenvalue weighted by atomic mass is 79.9. The van der Waals surface area contributed by atoms with Crippen molar-refractivity contribution in [3.63, 3.8) is 0 Å². The molecule has 2 aromatic heterocycles. The summed E-state index contributed by atoms with van der Waals surface area (Å²) in [4.78, 5) is 30.3. The van der Waals surface area contributed by atoms with Crippen molar-refractivity contribution >= 4 is 55.0 Å². The Bertz CT molecular complexity index is 1240. The first-order valence-corrected chi connectivity index (χ1v) is 11.7. The summed E-state index contributed by atoms with van der Waals surface area (Å²) < 4.78 is 44.5. The van der Waals surface area contributed by atoms with E-state index in [0.717, 1.165) is 22.7 Å². The third kappa shape index (κ3) is 8.99. The summed E-state index contributed by atoms with van der Waals surface area (Å²) in [6, 6.07) is 9.34. The average Bonchev–Trinajstić information content (AvgIpc) is 2.77. The van der Waals surface area contributed by atoms with Crippen LogP contribution >= 0.6 is 43.5 Å². The molecule has 35 heavy (non-hydrogen) atoms. The second kappa shape index (κ2) is 12.6. The van der Waals surface area contributed by atoms with Crippen molar-refractivity contribution in [2.45, 2.75) is 33.2 Å². The van der Waals surface area contributed by atoms with Gasteiger partial charge in [0.05, 0.1) is 28.6 Å². The molecule has 0 radical (unpaired) electrons. The predicted molar refractivity (Wildman–Crippen MR) is 131 cm³/mol. The molecule has 0 spiro atoms. The molecule has 6 nitrogen and oxygen atoms in total. The van der Waals surface area contributed by atoms with Crippen LogP contribution in [0.2, 0.25) is 5.02 Å². The van der Waals surface area contributed by atoms with E-state index in [9.17, 15) is 22.8 Å². The standard InChI is InChI=1S/C15H10BrClF3NO2.C8H8BrNO2/c1-8(22)13-6-10(16)5-11(21-13)7-23-14-3-2-9(4-12(14)17)15(18,19)20;1-5(12)8-3-6(9)2-7(4-11)10-8/h2-6H,7H2,1H3;2-3,11H,4H2,1H3. The Morgan fingerprint density at radius 1 is 0.943 bits per heavy atom. The molecule has 0 aliphatic rings. The van der Waals surface area contributed by atoms with E-state index < -0.39 is 11.7 Å². The molecule has 0 atom stereocenters. The molecule has 3 rings (SSSR count). The number of halogens is 6. The number of carbonyl (C=O) groups excluding carboxylic acids is 2. The second-order valence-corrected chi connectivity index (χ2v) is 9.26. The fourth-order valence-electron chi connectivity index (χ4n) is 2.56. The maximum Gasteiger partial charge on any atom is 0.416 e. The number of Topliss-reactive ketones (excluding diaryl/α,β-unsaturated/α-hetero) is 2. The van der Waals surface area contributed by atoms with E-state index >= 15 is 0 Å². The van der Waals surface area contributed by atoms with Crippen molar-refractivity contribution in [2.24, 2.45) is 0 Å². The van der Waals surface area contributed by atoms with Crippen molar-refractivity contribution < 1.29 is 32.6 Å². The van der Waals surface area contributed by atoms with E-state index in [1.54, 1.807) is 24.3 Å². The van der Waals surface area contributed by atoms with Crippen molar-refractivity contribution in [3.8, 4) is 5.75 Å². The monoisotopic (exact) mass is 636 g/mol. The van der Waals surface area contributed by atoms with E-state index in [1.807, 2.05) is 0 Å². The second-order valence-electron chi connectivity index (χ2n) is 7.03. The minimum atomic E-state index is -4.47. The number of aromatic nitrogens is 2. The van der Waals surface area contributed by atoms with Crippen LogP contribution in [0.15, 0.2) is 51.4 Å². The highest BCUT2D eigenvalue weighted by Gasteiger charge is 2.31. The molecule has 12 heteroatoms. The van der Waals surface area contributed by atoms with Crippen molar-refractivity contribution in [2.75, 3.05) is 0 Å². The number of aliphatic hydroxyl groups excluding tert-OH is 1. The lowest BCUT2D eigenvalue weighted by molar-refractivity contribution is -0.137. The summed E-state index contributed by atoms with van der Waals surface area (Å²) in [7, 11) is 0. The van der Waals surface area contributed by atoms with Gasteiger partial charge in [0.25, 0.3) is 0 Å². The fourth-order valence-corrected chi connectivity index (χ4v) is 3.76. The smallest absolute Gasteiger partial charge is 0.416 e. The summed E-state index contributed by atoms with van der Waals surface area (Å²) in [5.74, 6) is -0.211. The molecule has 2 heterocycles. The van der Waals surface area contributed by atoms with Crippen LogP contribution in [0.4, 0.5) is 13.2 Å². The molecule has 0 saturated heterocycles. The van der Waals surface area contributed by atoms with Gasteiger partial charge in [0.1, 0.15) is 23.7 Å². The molecule has 1 aromatic carbocycles. The third-order valence-corrected chi connectivity index (χ3v) is 5.42. The molecular formula is C23H18Br2ClF3N2O4. The molecule has 186 valence electrons. The quantitative estimate of drug-likeness (QED) is 0.298. The number of nitrogens with zero attached hydrogens (tertiary/aromatic N) is 2. The minimum Gasteiger partial charge on any atom is -0.486 e. The predicted octanol–water partition coefficient (Wildman–Crippen LogP) is 6.84. The summed E-state index contributed by atoms with van der Waals surface area (Å²) >= 11 is 12.3. The Hall–Kier alpha value is -2.34. The van der Waals surface area contributed by atoms with Gasteiger partial charge in [0.2, 0.25) is 0 Å². The zero-order valence-electron chi connectivity index (χ0n) is 18.3. The van der Waals surface area contributed by atoms with Crippen LogP contribution in [0.1, 0.15) is 51.8 Å². The topological polar surface area (TPSA) is 89.4 Å². The first-order chi connectivity index (χ1) is 16.3. The molecule has 0 aliphatic carbocycles. The molecule has 0 amide bonds. The van der Waals surface area contributed by atoms with Gasteiger partial charge < -0.3 is 9.84 Å². The first-order valence-electron chi connectivity index (χ1n) is 9.75. The highest BCUT2D eigenvalue weighted by Crippen LogP contribution is 2.35. The van der Waals surface area contributed by atoms with Gasteiger partial charge in [-0.15, -0.1) is 0 Å². The number of alkyl halides is 3. The number of hydrogen-bond donors (Lipinski definition) is 1. The van der Waals surface area contributed by atoms with Gasteiger partial charge in [-0.1, -0.05) is 43.5 Å². The number of rotatable bonds is 6. The number of ether oxygens (including phenoxy) is 1. The van der Waals surface area contributed by atoms with Crippen molar-refractivity contribution in [1.29, 1.82) is 0 Å². The molecule has 0 bridgehead atoms. The first kappa shape index (κ1) is 28.9. The summed E-state index contributed by atoms with van der Waals surface area (Å²) in [5, 5.41) is 8.62. The van der Waals surface area contributed by atoms with E-state index in [2.05, 4.69) is 41.8 Å². The summed E-state index contributed by atoms with van der Waals surface area (Å²) in [6.45, 7) is 2.63. The maximum atomic E-state index is 12.6. The Kier molecular flexibility index (Phi) is 10.4. The normalized spacial score (nSPS) is 10.9. The third-order valence-electron chi connectivity index (χ3n) is 4.20. The van der Waals surface area contributed by atoms with Crippen LogP contribution in [0.25, 0.3) is 0 Å². The summed E-state index contributed by atoms with van der Waals surface area (Å²) in [5.41, 5.74) is 0.717. The van der Waals surface area contributed by atoms with E-state index in [0.29, 0.717) is 21.6 Å². The SMILES string of the molecule is CC(=O)c1cc(Br)cc(CO)n1.CC(=O)c1cc(Br)cc(COc2ccc(C(F)(F)F)cc2Cl)n1. The lowest BCUT2D eigenvalue weighted by atomic mass is 10.2. The molecular weight excluding hydrogens is 621 g/mol. The van der Waals surface area contributed by atoms with Gasteiger partial charge in [0.15, 0.2) is 11.6 Å². The number of pyridine rings is 2. The fraction of sp³-hybridized carbons (Fsp3) is 0.217. The van der Waals surface area contributed by atoms with Crippen LogP contribution in [0, 0.1) is 0 Å². The van der Waals surface area contributed by atoms with E-state index in [-0.39, 0.29) is 41.2 Å². The molecule has 1 N–H and O–H groups in total. The van der Waals surface area contributed by atoms with E-state index in [1.165, 1.54) is 13.8 Å². The van der Waals surface area contributed by atoms with Crippen molar-refractivity contribution in [1.82, 2.24) is 9.97 Å². The molecule has 0 unspecified atom stereocenters. The average molecular weight is 639 g/mol. The Morgan fingerprint density at radius 3 is 1.91 bits per heavy atom. The number of benzene rings is 1. The van der Waals surface area contributed by atoms with E-state index in [4.69, 9.17) is 21.4 Å². The Labute approximate surface area is 220 Å². The van der Waals surface area contributed by atoms with Gasteiger partial charge in [-0.25, -0.2) is 9.97 Å². The van der Waals surface area contributed by atoms with Crippen LogP contribution < -0.4 is 4.74 Å². The maximum absolute atomic E-state index is 12.6. The lowest BCUT2D eigenvalue weighted by Crippen LogP contribution is -2.06. The van der Waals surface area contributed by atoms with Crippen LogP contribution in [-0.4, -0.2) is 26.6 Å². The van der Waals surface area contributed by atoms with Gasteiger partial charge in [-0.3, -0.25) is 9.59 Å².